The van der Waals surface area contributed by atoms with Crippen molar-refractivity contribution < 1.29 is 14.2 Å². The van der Waals surface area contributed by atoms with Gasteiger partial charge in [-0.05, 0) is 36.8 Å². The summed E-state index contributed by atoms with van der Waals surface area (Å²) < 4.78 is 19.6. The fourth-order valence-electron chi connectivity index (χ4n) is 1.41. The van der Waals surface area contributed by atoms with Gasteiger partial charge in [0.1, 0.15) is 0 Å². The Balaban J connectivity index is 2.28. The fraction of sp³-hybridized carbons (Fsp3) is 0.154. The largest absolute Gasteiger partial charge is 0.436 e. The van der Waals surface area contributed by atoms with Crippen molar-refractivity contribution in [2.24, 2.45) is 0 Å². The van der Waals surface area contributed by atoms with Gasteiger partial charge in [-0.3, -0.25) is 0 Å². The molecular weight excluding hydrogens is 301 g/mol. The van der Waals surface area contributed by atoms with Crippen LogP contribution >= 0.6 is 15.9 Å². The van der Waals surface area contributed by atoms with Gasteiger partial charge in [0.2, 0.25) is 5.88 Å². The molecule has 1 atom stereocenters. The van der Waals surface area contributed by atoms with Gasteiger partial charge in [-0.15, -0.1) is 0 Å². The number of rotatable bonds is 3. The van der Waals surface area contributed by atoms with Gasteiger partial charge in [0, 0.05) is 16.7 Å². The average Bonchev–Trinajstić information content (AvgIpc) is 2.34. The highest BCUT2D eigenvalue weighted by molar-refractivity contribution is 9.10. The van der Waals surface area contributed by atoms with Crippen LogP contribution in [0.25, 0.3) is 0 Å². The zero-order valence-corrected chi connectivity index (χ0v) is 11.2. The van der Waals surface area contributed by atoms with Crippen molar-refractivity contribution in [2.75, 3.05) is 0 Å². The summed E-state index contributed by atoms with van der Waals surface area (Å²) in [4.78, 5) is 3.97. The van der Waals surface area contributed by atoms with Crippen LogP contribution in [-0.2, 0) is 0 Å². The highest BCUT2D eigenvalue weighted by Crippen LogP contribution is 2.27. The predicted molar refractivity (Wildman–Crippen MR) is 69.0 cm³/mol. The zero-order valence-electron chi connectivity index (χ0n) is 9.60. The first kappa shape index (κ1) is 13.0. The first-order chi connectivity index (χ1) is 8.56. The third-order valence-corrected chi connectivity index (χ3v) is 2.84. The van der Waals surface area contributed by atoms with Gasteiger partial charge in [-0.2, -0.15) is 0 Å². The summed E-state index contributed by atoms with van der Waals surface area (Å²) in [5.41, 5.74) is 0.662. The number of hydrogen-bond donors (Lipinski definition) is 1. The first-order valence-electron chi connectivity index (χ1n) is 5.33. The lowest BCUT2D eigenvalue weighted by molar-refractivity contribution is 0.198. The summed E-state index contributed by atoms with van der Waals surface area (Å²) in [5, 5.41) is 9.45. The second-order valence-corrected chi connectivity index (χ2v) is 4.70. The number of benzene rings is 1. The second-order valence-electron chi connectivity index (χ2n) is 3.78. The van der Waals surface area contributed by atoms with Gasteiger partial charge in [-0.25, -0.2) is 9.37 Å². The molecule has 0 bridgehead atoms. The molecule has 1 N–H and O–H groups in total. The van der Waals surface area contributed by atoms with E-state index in [1.807, 2.05) is 0 Å². The molecule has 94 valence electrons. The summed E-state index contributed by atoms with van der Waals surface area (Å²) in [6, 6.07) is 7.66. The van der Waals surface area contributed by atoms with E-state index >= 15 is 0 Å². The van der Waals surface area contributed by atoms with E-state index < -0.39 is 11.9 Å². The molecule has 1 aromatic heterocycles. The summed E-state index contributed by atoms with van der Waals surface area (Å²) in [5.74, 6) is -0.146. The van der Waals surface area contributed by atoms with Crippen LogP contribution in [0.3, 0.4) is 0 Å². The Kier molecular flexibility index (Phi) is 3.93. The van der Waals surface area contributed by atoms with E-state index in [1.165, 1.54) is 18.3 Å². The number of aromatic nitrogens is 1. The van der Waals surface area contributed by atoms with Crippen LogP contribution in [0.1, 0.15) is 18.6 Å². The minimum Gasteiger partial charge on any atom is -0.436 e. The summed E-state index contributed by atoms with van der Waals surface area (Å²) in [6.45, 7) is 1.64. The van der Waals surface area contributed by atoms with E-state index in [1.54, 1.807) is 25.1 Å². The molecule has 1 heterocycles. The monoisotopic (exact) mass is 311 g/mol. The van der Waals surface area contributed by atoms with Gasteiger partial charge < -0.3 is 9.84 Å². The molecule has 1 aromatic carbocycles. The lowest BCUT2D eigenvalue weighted by Crippen LogP contribution is -1.95. The maximum Gasteiger partial charge on any atom is 0.219 e. The zero-order chi connectivity index (χ0) is 13.1. The minimum absolute atomic E-state index is 0.0830. The number of hydrogen-bond acceptors (Lipinski definition) is 3. The lowest BCUT2D eigenvalue weighted by atomic mass is 10.2. The van der Waals surface area contributed by atoms with Crippen molar-refractivity contribution in [3.63, 3.8) is 0 Å². The van der Waals surface area contributed by atoms with Crippen molar-refractivity contribution in [1.29, 1.82) is 0 Å². The smallest absolute Gasteiger partial charge is 0.219 e. The minimum atomic E-state index is -0.622. The molecule has 0 aliphatic heterocycles. The van der Waals surface area contributed by atoms with Crippen molar-refractivity contribution in [3.05, 3.63) is 52.4 Å². The number of nitrogens with zero attached hydrogens (tertiary/aromatic N) is 1. The maximum absolute atomic E-state index is 13.5. The number of aliphatic hydroxyl groups excluding tert-OH is 1. The van der Waals surface area contributed by atoms with Crippen LogP contribution in [0, 0.1) is 5.82 Å². The molecule has 0 aliphatic carbocycles. The highest BCUT2D eigenvalue weighted by Gasteiger charge is 2.08. The van der Waals surface area contributed by atoms with Gasteiger partial charge in [-0.1, -0.05) is 15.9 Å². The third-order valence-electron chi connectivity index (χ3n) is 2.35. The molecule has 0 aliphatic rings. The quantitative estimate of drug-likeness (QED) is 0.936. The molecule has 5 heteroatoms. The highest BCUT2D eigenvalue weighted by atomic mass is 79.9. The fourth-order valence-corrected chi connectivity index (χ4v) is 1.75. The molecule has 2 aromatic rings. The Morgan fingerprint density at radius 2 is 2.11 bits per heavy atom. The van der Waals surface area contributed by atoms with E-state index in [2.05, 4.69) is 20.9 Å². The van der Waals surface area contributed by atoms with Crippen molar-refractivity contribution in [3.8, 4) is 11.6 Å². The molecule has 0 radical (unpaired) electrons. The molecule has 3 nitrogen and oxygen atoms in total. The van der Waals surface area contributed by atoms with Crippen LogP contribution < -0.4 is 4.74 Å². The SMILES string of the molecule is C[C@@H](O)c1ccnc(Oc2cc(Br)ccc2F)c1. The summed E-state index contributed by atoms with van der Waals surface area (Å²) in [7, 11) is 0. The lowest BCUT2D eigenvalue weighted by Gasteiger charge is -2.09. The Morgan fingerprint density at radius 1 is 1.33 bits per heavy atom. The molecular formula is C13H11BrFNO2. The van der Waals surface area contributed by atoms with Crippen LogP contribution in [0.15, 0.2) is 41.0 Å². The predicted octanol–water partition coefficient (Wildman–Crippen LogP) is 3.83. The first-order valence-corrected chi connectivity index (χ1v) is 6.12. The van der Waals surface area contributed by atoms with E-state index in [0.717, 1.165) is 0 Å². The van der Waals surface area contributed by atoms with Gasteiger partial charge >= 0.3 is 0 Å². The van der Waals surface area contributed by atoms with Gasteiger partial charge in [0.25, 0.3) is 0 Å². The van der Waals surface area contributed by atoms with Crippen LogP contribution in [0.4, 0.5) is 4.39 Å². The Morgan fingerprint density at radius 3 is 2.83 bits per heavy atom. The Bertz CT molecular complexity index is 560. The van der Waals surface area contributed by atoms with Crippen LogP contribution in [-0.4, -0.2) is 10.1 Å². The third kappa shape index (κ3) is 3.05. The van der Waals surface area contributed by atoms with E-state index in [4.69, 9.17) is 4.74 Å². The van der Waals surface area contributed by atoms with E-state index in [9.17, 15) is 9.50 Å². The molecule has 0 fully saturated rings. The number of aliphatic hydroxyl groups is 1. The Hall–Kier alpha value is -1.46. The second kappa shape index (κ2) is 5.46. The molecule has 18 heavy (non-hydrogen) atoms. The topological polar surface area (TPSA) is 42.4 Å². The molecule has 0 saturated heterocycles. The maximum atomic E-state index is 13.5. The van der Waals surface area contributed by atoms with Crippen LogP contribution in [0.2, 0.25) is 0 Å². The number of pyridine rings is 1. The van der Waals surface area contributed by atoms with Gasteiger partial charge in [0.05, 0.1) is 6.10 Å². The molecule has 0 unspecified atom stereocenters. The standard InChI is InChI=1S/C13H11BrFNO2/c1-8(17)9-4-5-16-13(6-9)18-12-7-10(14)2-3-11(12)15/h2-8,17H,1H3/t8-/m1/s1. The molecule has 0 amide bonds. The summed E-state index contributed by atoms with van der Waals surface area (Å²) >= 11 is 3.24. The Labute approximate surface area is 112 Å². The number of ether oxygens (including phenoxy) is 1. The molecule has 2 rings (SSSR count). The van der Waals surface area contributed by atoms with Crippen LogP contribution in [0.5, 0.6) is 11.6 Å². The van der Waals surface area contributed by atoms with Crippen molar-refractivity contribution in [2.45, 2.75) is 13.0 Å². The summed E-state index contributed by atoms with van der Waals surface area (Å²) in [6.07, 6.45) is 0.885. The molecule has 0 saturated carbocycles. The van der Waals surface area contributed by atoms with Crippen molar-refractivity contribution >= 4 is 15.9 Å². The van der Waals surface area contributed by atoms with Gasteiger partial charge in [0.15, 0.2) is 11.6 Å². The molecule has 0 spiro atoms. The van der Waals surface area contributed by atoms with E-state index in [0.29, 0.717) is 10.0 Å². The average molecular weight is 312 g/mol. The van der Waals surface area contributed by atoms with Crippen molar-refractivity contribution in [1.82, 2.24) is 4.98 Å². The van der Waals surface area contributed by atoms with E-state index in [-0.39, 0.29) is 11.6 Å². The number of halogens is 2. The normalized spacial score (nSPS) is 12.2.